The van der Waals surface area contributed by atoms with Gasteiger partial charge in [0.05, 0.1) is 0 Å². The highest BCUT2D eigenvalue weighted by atomic mass is 35.5. The molecule has 0 saturated heterocycles. The van der Waals surface area contributed by atoms with Crippen molar-refractivity contribution >= 4 is 11.6 Å². The van der Waals surface area contributed by atoms with Gasteiger partial charge in [-0.25, -0.2) is 0 Å². The van der Waals surface area contributed by atoms with Crippen LogP contribution in [0.1, 0.15) is 43.4 Å². The average molecular weight is 250 g/mol. The van der Waals surface area contributed by atoms with Crippen LogP contribution in [0.15, 0.2) is 18.2 Å². The second kappa shape index (κ2) is 7.37. The fraction of sp³-hybridized carbons (Fsp3) is 0.467. The molecule has 1 aromatic rings. The van der Waals surface area contributed by atoms with Gasteiger partial charge < -0.3 is 5.32 Å². The molecule has 92 valence electrons. The summed E-state index contributed by atoms with van der Waals surface area (Å²) in [7, 11) is 0. The Morgan fingerprint density at radius 1 is 1.47 bits per heavy atom. The summed E-state index contributed by atoms with van der Waals surface area (Å²) in [6.45, 7) is 5.08. The van der Waals surface area contributed by atoms with E-state index in [2.05, 4.69) is 30.3 Å². The summed E-state index contributed by atoms with van der Waals surface area (Å²) in [5.41, 5.74) is 2.31. The Hall–Kier alpha value is -0.970. The first-order chi connectivity index (χ1) is 8.20. The summed E-state index contributed by atoms with van der Waals surface area (Å²) in [6, 6.07) is 6.50. The van der Waals surface area contributed by atoms with Crippen LogP contribution < -0.4 is 5.32 Å². The number of hydrogen-bond acceptors (Lipinski definition) is 1. The van der Waals surface area contributed by atoms with Gasteiger partial charge in [-0.05, 0) is 37.4 Å². The van der Waals surface area contributed by atoms with Crippen LogP contribution in [-0.4, -0.2) is 6.54 Å². The van der Waals surface area contributed by atoms with Gasteiger partial charge in [-0.1, -0.05) is 36.7 Å². The lowest BCUT2D eigenvalue weighted by atomic mass is 9.99. The number of nitrogens with one attached hydrogen (secondary N) is 1. The minimum atomic E-state index is 0.306. The molecule has 0 saturated carbocycles. The average Bonchev–Trinajstić information content (AvgIpc) is 2.32. The molecule has 0 aliphatic carbocycles. The highest BCUT2D eigenvalue weighted by Gasteiger charge is 2.14. The number of unbranched alkanes of at least 4 members (excludes halogenated alkanes) is 1. The molecule has 0 aromatic heterocycles. The maximum atomic E-state index is 6.36. The minimum absolute atomic E-state index is 0.306. The van der Waals surface area contributed by atoms with Crippen molar-refractivity contribution in [3.05, 3.63) is 34.3 Å². The van der Waals surface area contributed by atoms with Crippen molar-refractivity contribution in [2.45, 2.75) is 39.2 Å². The molecule has 0 bridgehead atoms. The van der Waals surface area contributed by atoms with E-state index in [1.54, 1.807) is 0 Å². The zero-order valence-electron chi connectivity index (χ0n) is 10.6. The van der Waals surface area contributed by atoms with Gasteiger partial charge in [0.15, 0.2) is 0 Å². The van der Waals surface area contributed by atoms with E-state index in [0.29, 0.717) is 6.04 Å². The van der Waals surface area contributed by atoms with Crippen LogP contribution in [0.3, 0.4) is 0 Å². The summed E-state index contributed by atoms with van der Waals surface area (Å²) >= 11 is 6.36. The van der Waals surface area contributed by atoms with Gasteiger partial charge in [0.25, 0.3) is 0 Å². The number of aryl methyl sites for hydroxylation is 1. The molecule has 0 amide bonds. The third-order valence-corrected chi connectivity index (χ3v) is 3.38. The molecule has 0 spiro atoms. The summed E-state index contributed by atoms with van der Waals surface area (Å²) in [4.78, 5) is 0. The molecule has 0 radical (unpaired) electrons. The predicted molar refractivity (Wildman–Crippen MR) is 75.3 cm³/mol. The van der Waals surface area contributed by atoms with Crippen molar-refractivity contribution < 1.29 is 0 Å². The highest BCUT2D eigenvalue weighted by Crippen LogP contribution is 2.28. The Kier molecular flexibility index (Phi) is 6.11. The van der Waals surface area contributed by atoms with Crippen molar-refractivity contribution in [3.8, 4) is 12.3 Å². The number of rotatable bonds is 6. The van der Waals surface area contributed by atoms with Gasteiger partial charge in [0.2, 0.25) is 0 Å². The third kappa shape index (κ3) is 4.07. The second-order valence-electron chi connectivity index (χ2n) is 4.18. The molecule has 0 heterocycles. The molecule has 1 rings (SSSR count). The molecule has 17 heavy (non-hydrogen) atoms. The molecule has 0 aliphatic heterocycles. The van der Waals surface area contributed by atoms with Crippen molar-refractivity contribution in [3.63, 3.8) is 0 Å². The predicted octanol–water partition coefficient (Wildman–Crippen LogP) is 4.10. The second-order valence-corrected chi connectivity index (χ2v) is 4.56. The van der Waals surface area contributed by atoms with Gasteiger partial charge in [-0.3, -0.25) is 0 Å². The van der Waals surface area contributed by atoms with Crippen molar-refractivity contribution in [2.75, 3.05) is 6.54 Å². The minimum Gasteiger partial charge on any atom is -0.310 e. The molecule has 1 aromatic carbocycles. The van der Waals surface area contributed by atoms with Gasteiger partial charge in [0.1, 0.15) is 0 Å². The monoisotopic (exact) mass is 249 g/mol. The lowest BCUT2D eigenvalue weighted by molar-refractivity contribution is 0.502. The van der Waals surface area contributed by atoms with E-state index in [4.69, 9.17) is 18.0 Å². The van der Waals surface area contributed by atoms with E-state index < -0.39 is 0 Å². The van der Waals surface area contributed by atoms with E-state index in [9.17, 15) is 0 Å². The molecule has 1 unspecified atom stereocenters. The van der Waals surface area contributed by atoms with Crippen LogP contribution in [0.5, 0.6) is 0 Å². The van der Waals surface area contributed by atoms with Crippen molar-refractivity contribution in [1.82, 2.24) is 5.32 Å². The van der Waals surface area contributed by atoms with E-state index in [1.807, 2.05) is 13.0 Å². The Morgan fingerprint density at radius 2 is 2.24 bits per heavy atom. The molecular weight excluding hydrogens is 230 g/mol. The van der Waals surface area contributed by atoms with Gasteiger partial charge in [-0.15, -0.1) is 12.3 Å². The Balaban J connectivity index is 2.82. The zero-order chi connectivity index (χ0) is 12.7. The van der Waals surface area contributed by atoms with E-state index in [1.165, 1.54) is 5.56 Å². The SMILES string of the molecule is C#CCCCC(NCC)c1cccc(C)c1Cl. The van der Waals surface area contributed by atoms with Crippen molar-refractivity contribution in [2.24, 2.45) is 0 Å². The smallest absolute Gasteiger partial charge is 0.0482 e. The van der Waals surface area contributed by atoms with Crippen LogP contribution in [0, 0.1) is 19.3 Å². The molecular formula is C15H20ClN. The standard InChI is InChI=1S/C15H20ClN/c1-4-6-7-11-14(17-5-2)13-10-8-9-12(3)15(13)16/h1,8-10,14,17H,5-7,11H2,2-3H3. The zero-order valence-corrected chi connectivity index (χ0v) is 11.3. The number of benzene rings is 1. The normalized spacial score (nSPS) is 12.1. The van der Waals surface area contributed by atoms with Crippen LogP contribution in [0.25, 0.3) is 0 Å². The van der Waals surface area contributed by atoms with Crippen LogP contribution in [0.4, 0.5) is 0 Å². The van der Waals surface area contributed by atoms with Crippen LogP contribution >= 0.6 is 11.6 Å². The quantitative estimate of drug-likeness (QED) is 0.591. The van der Waals surface area contributed by atoms with E-state index in [0.717, 1.165) is 36.4 Å². The largest absolute Gasteiger partial charge is 0.310 e. The van der Waals surface area contributed by atoms with Gasteiger partial charge >= 0.3 is 0 Å². The Bertz CT molecular complexity index is 392. The number of halogens is 1. The highest BCUT2D eigenvalue weighted by molar-refractivity contribution is 6.32. The molecule has 1 N–H and O–H groups in total. The summed E-state index contributed by atoms with van der Waals surface area (Å²) < 4.78 is 0. The van der Waals surface area contributed by atoms with Crippen LogP contribution in [-0.2, 0) is 0 Å². The fourth-order valence-corrected chi connectivity index (χ4v) is 2.22. The summed E-state index contributed by atoms with van der Waals surface area (Å²) in [6.07, 6.45) is 8.16. The Morgan fingerprint density at radius 3 is 2.88 bits per heavy atom. The van der Waals surface area contributed by atoms with Gasteiger partial charge in [-0.2, -0.15) is 0 Å². The Labute approximate surface area is 110 Å². The third-order valence-electron chi connectivity index (χ3n) is 2.86. The first-order valence-corrected chi connectivity index (χ1v) is 6.50. The van der Waals surface area contributed by atoms with Crippen LogP contribution in [0.2, 0.25) is 5.02 Å². The summed E-state index contributed by atoms with van der Waals surface area (Å²) in [5, 5.41) is 4.35. The molecule has 0 fully saturated rings. The van der Waals surface area contributed by atoms with E-state index >= 15 is 0 Å². The molecule has 1 nitrogen and oxygen atoms in total. The lowest BCUT2D eigenvalue weighted by Crippen LogP contribution is -2.21. The number of terminal acetylenes is 1. The lowest BCUT2D eigenvalue weighted by Gasteiger charge is -2.20. The fourth-order valence-electron chi connectivity index (χ4n) is 1.96. The van der Waals surface area contributed by atoms with Gasteiger partial charge in [0, 0.05) is 17.5 Å². The maximum absolute atomic E-state index is 6.36. The topological polar surface area (TPSA) is 12.0 Å². The molecule has 0 aliphatic rings. The summed E-state index contributed by atoms with van der Waals surface area (Å²) in [5.74, 6) is 2.68. The first kappa shape index (κ1) is 14.1. The molecule has 2 heteroatoms. The first-order valence-electron chi connectivity index (χ1n) is 6.12. The number of hydrogen-bond donors (Lipinski definition) is 1. The van der Waals surface area contributed by atoms with Crippen molar-refractivity contribution in [1.29, 1.82) is 0 Å². The maximum Gasteiger partial charge on any atom is 0.0482 e. The molecule has 1 atom stereocenters. The van der Waals surface area contributed by atoms with E-state index in [-0.39, 0.29) is 0 Å².